The zero-order chi connectivity index (χ0) is 22.7. The van der Waals surface area contributed by atoms with E-state index in [1.807, 2.05) is 0 Å². The minimum absolute atomic E-state index is 0.133. The second-order valence-electron chi connectivity index (χ2n) is 6.76. The number of ether oxygens (including phenoxy) is 2. The maximum Gasteiger partial charge on any atom is 0.293 e. The molecule has 2 amide bonds. The SMILES string of the molecule is COc1ccc(OC)c(NC(=O)c2oc3ccccc3c2NC(=O)c2ccccc2F)c1. The van der Waals surface area contributed by atoms with Gasteiger partial charge in [0.05, 0.1) is 25.5 Å². The van der Waals surface area contributed by atoms with Crippen molar-refractivity contribution in [3.63, 3.8) is 0 Å². The van der Waals surface area contributed by atoms with E-state index in [9.17, 15) is 14.0 Å². The molecule has 8 heteroatoms. The van der Waals surface area contributed by atoms with Crippen molar-refractivity contribution in [1.82, 2.24) is 0 Å². The minimum Gasteiger partial charge on any atom is -0.497 e. The number of benzene rings is 3. The Labute approximate surface area is 182 Å². The van der Waals surface area contributed by atoms with Gasteiger partial charge in [0.15, 0.2) is 0 Å². The summed E-state index contributed by atoms with van der Waals surface area (Å²) in [7, 11) is 2.97. The minimum atomic E-state index is -0.706. The molecule has 2 N–H and O–H groups in total. The van der Waals surface area contributed by atoms with Crippen LogP contribution in [0.5, 0.6) is 11.5 Å². The normalized spacial score (nSPS) is 10.6. The van der Waals surface area contributed by atoms with E-state index in [2.05, 4.69) is 10.6 Å². The van der Waals surface area contributed by atoms with Crippen LogP contribution in [-0.4, -0.2) is 26.0 Å². The molecule has 4 rings (SSSR count). The van der Waals surface area contributed by atoms with Crippen molar-refractivity contribution in [2.45, 2.75) is 0 Å². The zero-order valence-electron chi connectivity index (χ0n) is 17.3. The Morgan fingerprint density at radius 2 is 1.62 bits per heavy atom. The summed E-state index contributed by atoms with van der Waals surface area (Å²) in [6, 6.07) is 17.3. The van der Waals surface area contributed by atoms with Crippen LogP contribution in [-0.2, 0) is 0 Å². The van der Waals surface area contributed by atoms with E-state index in [-0.39, 0.29) is 17.0 Å². The van der Waals surface area contributed by atoms with E-state index in [1.165, 1.54) is 32.4 Å². The van der Waals surface area contributed by atoms with Gasteiger partial charge in [-0.05, 0) is 36.4 Å². The van der Waals surface area contributed by atoms with E-state index in [4.69, 9.17) is 13.9 Å². The van der Waals surface area contributed by atoms with Crippen LogP contribution in [0, 0.1) is 5.82 Å². The van der Waals surface area contributed by atoms with Gasteiger partial charge in [0.25, 0.3) is 11.8 Å². The average Bonchev–Trinajstić information content (AvgIpc) is 3.17. The van der Waals surface area contributed by atoms with Crippen LogP contribution in [0.15, 0.2) is 71.1 Å². The van der Waals surface area contributed by atoms with Crippen LogP contribution in [0.25, 0.3) is 11.0 Å². The molecule has 0 aliphatic rings. The van der Waals surface area contributed by atoms with Crippen molar-refractivity contribution in [1.29, 1.82) is 0 Å². The summed E-state index contributed by atoms with van der Waals surface area (Å²) >= 11 is 0. The first-order chi connectivity index (χ1) is 15.5. The lowest BCUT2D eigenvalue weighted by molar-refractivity contribution is 0.0999. The van der Waals surface area contributed by atoms with Crippen molar-refractivity contribution in [2.24, 2.45) is 0 Å². The molecule has 0 unspecified atom stereocenters. The summed E-state index contributed by atoms with van der Waals surface area (Å²) in [5.74, 6) is -1.23. The number of carbonyl (C=O) groups is 2. The zero-order valence-corrected chi connectivity index (χ0v) is 17.3. The molecule has 3 aromatic carbocycles. The largest absolute Gasteiger partial charge is 0.497 e. The Hall–Kier alpha value is -4.33. The topological polar surface area (TPSA) is 89.8 Å². The fourth-order valence-electron chi connectivity index (χ4n) is 3.25. The highest BCUT2D eigenvalue weighted by molar-refractivity contribution is 6.17. The predicted molar refractivity (Wildman–Crippen MR) is 118 cm³/mol. The molecule has 0 aliphatic carbocycles. The maximum absolute atomic E-state index is 14.1. The summed E-state index contributed by atoms with van der Waals surface area (Å²) in [5, 5.41) is 5.83. The van der Waals surface area contributed by atoms with E-state index < -0.39 is 17.6 Å². The molecule has 1 aromatic heterocycles. The number of halogens is 1. The van der Waals surface area contributed by atoms with E-state index in [0.29, 0.717) is 28.2 Å². The molecular formula is C24H19FN2O5. The lowest BCUT2D eigenvalue weighted by Gasteiger charge is -2.12. The van der Waals surface area contributed by atoms with Crippen molar-refractivity contribution in [2.75, 3.05) is 24.9 Å². The van der Waals surface area contributed by atoms with Crippen LogP contribution in [0.3, 0.4) is 0 Å². The Morgan fingerprint density at radius 3 is 2.38 bits per heavy atom. The van der Waals surface area contributed by atoms with Crippen molar-refractivity contribution < 1.29 is 27.9 Å². The number of carbonyl (C=O) groups excluding carboxylic acids is 2. The molecule has 32 heavy (non-hydrogen) atoms. The second kappa shape index (κ2) is 8.81. The number of anilines is 2. The Balaban J connectivity index is 1.73. The van der Waals surface area contributed by atoms with Gasteiger partial charge in [-0.1, -0.05) is 24.3 Å². The van der Waals surface area contributed by atoms with Gasteiger partial charge in [0.1, 0.15) is 28.6 Å². The number of furan rings is 1. The first-order valence-electron chi connectivity index (χ1n) is 9.62. The number of hydrogen-bond acceptors (Lipinski definition) is 5. The summed E-state index contributed by atoms with van der Waals surface area (Å²) < 4.78 is 30.3. The number of methoxy groups -OCH3 is 2. The van der Waals surface area contributed by atoms with Crippen LogP contribution in [0.4, 0.5) is 15.8 Å². The Kier molecular flexibility index (Phi) is 5.76. The lowest BCUT2D eigenvalue weighted by atomic mass is 10.1. The van der Waals surface area contributed by atoms with E-state index in [1.54, 1.807) is 48.5 Å². The molecule has 0 aliphatic heterocycles. The third-order valence-corrected chi connectivity index (χ3v) is 4.81. The first-order valence-corrected chi connectivity index (χ1v) is 9.62. The standard InChI is InChI=1S/C24H19FN2O5/c1-30-14-11-12-20(31-2)18(13-14)26-24(29)22-21(16-8-4-6-10-19(16)32-22)27-23(28)15-7-3-5-9-17(15)25/h3-13H,1-2H3,(H,26,29)(H,27,28). The number of nitrogens with one attached hydrogen (secondary N) is 2. The Bertz CT molecular complexity index is 1310. The van der Waals surface area contributed by atoms with E-state index >= 15 is 0 Å². The highest BCUT2D eigenvalue weighted by atomic mass is 19.1. The van der Waals surface area contributed by atoms with Crippen molar-refractivity contribution in [3.05, 3.63) is 83.9 Å². The van der Waals surface area contributed by atoms with Gasteiger partial charge in [0, 0.05) is 11.5 Å². The molecule has 4 aromatic rings. The second-order valence-corrected chi connectivity index (χ2v) is 6.76. The summed E-state index contributed by atoms with van der Waals surface area (Å²) in [5.41, 5.74) is 0.717. The summed E-state index contributed by atoms with van der Waals surface area (Å²) in [4.78, 5) is 25.9. The van der Waals surface area contributed by atoms with Crippen LogP contribution < -0.4 is 20.1 Å². The monoisotopic (exact) mass is 434 g/mol. The molecule has 0 spiro atoms. The number of hydrogen-bond donors (Lipinski definition) is 2. The molecule has 7 nitrogen and oxygen atoms in total. The number of rotatable bonds is 6. The van der Waals surface area contributed by atoms with Gasteiger partial charge in [-0.3, -0.25) is 9.59 Å². The van der Waals surface area contributed by atoms with Crippen LogP contribution in [0.1, 0.15) is 20.9 Å². The lowest BCUT2D eigenvalue weighted by Crippen LogP contribution is -2.18. The maximum atomic E-state index is 14.1. The predicted octanol–water partition coefficient (Wildman–Crippen LogP) is 5.09. The molecule has 0 saturated heterocycles. The Morgan fingerprint density at radius 1 is 0.875 bits per heavy atom. The third kappa shape index (κ3) is 3.98. The third-order valence-electron chi connectivity index (χ3n) is 4.81. The molecule has 0 fully saturated rings. The average molecular weight is 434 g/mol. The number of fused-ring (bicyclic) bond motifs is 1. The first kappa shape index (κ1) is 20.9. The number of para-hydroxylation sites is 1. The van der Waals surface area contributed by atoms with Gasteiger partial charge < -0.3 is 24.5 Å². The fourth-order valence-corrected chi connectivity index (χ4v) is 3.25. The van der Waals surface area contributed by atoms with Gasteiger partial charge in [-0.15, -0.1) is 0 Å². The summed E-state index contributed by atoms with van der Waals surface area (Å²) in [6.07, 6.45) is 0. The molecule has 0 saturated carbocycles. The quantitative estimate of drug-likeness (QED) is 0.441. The highest BCUT2D eigenvalue weighted by Gasteiger charge is 2.24. The van der Waals surface area contributed by atoms with Crippen molar-refractivity contribution >= 4 is 34.2 Å². The number of amides is 2. The molecule has 1 heterocycles. The van der Waals surface area contributed by atoms with Crippen LogP contribution in [0.2, 0.25) is 0 Å². The molecule has 0 radical (unpaired) electrons. The molecule has 0 atom stereocenters. The smallest absolute Gasteiger partial charge is 0.293 e. The fraction of sp³-hybridized carbons (Fsp3) is 0.0833. The molecule has 0 bridgehead atoms. The van der Waals surface area contributed by atoms with Gasteiger partial charge in [-0.25, -0.2) is 4.39 Å². The highest BCUT2D eigenvalue weighted by Crippen LogP contribution is 2.34. The summed E-state index contributed by atoms with van der Waals surface area (Å²) in [6.45, 7) is 0. The van der Waals surface area contributed by atoms with Gasteiger partial charge in [0.2, 0.25) is 5.76 Å². The van der Waals surface area contributed by atoms with Gasteiger partial charge >= 0.3 is 0 Å². The molecular weight excluding hydrogens is 415 g/mol. The van der Waals surface area contributed by atoms with Crippen molar-refractivity contribution in [3.8, 4) is 11.5 Å². The van der Waals surface area contributed by atoms with Crippen LogP contribution >= 0.6 is 0 Å². The molecule has 162 valence electrons. The van der Waals surface area contributed by atoms with E-state index in [0.717, 1.165) is 0 Å². The van der Waals surface area contributed by atoms with Gasteiger partial charge in [-0.2, -0.15) is 0 Å².